The SMILES string of the molecule is CCn1cc(C#CCN)c(=O)[nH]c1=O. The van der Waals surface area contributed by atoms with Crippen LogP contribution >= 0.6 is 0 Å². The zero-order valence-electron chi connectivity index (χ0n) is 7.83. The Morgan fingerprint density at radius 1 is 1.57 bits per heavy atom. The fourth-order valence-electron chi connectivity index (χ4n) is 0.980. The Morgan fingerprint density at radius 3 is 2.86 bits per heavy atom. The second-order valence-electron chi connectivity index (χ2n) is 2.59. The van der Waals surface area contributed by atoms with E-state index in [4.69, 9.17) is 5.73 Å². The van der Waals surface area contributed by atoms with Crippen LogP contribution < -0.4 is 17.0 Å². The molecular formula is C9H11N3O2. The van der Waals surface area contributed by atoms with Gasteiger partial charge < -0.3 is 5.73 Å². The van der Waals surface area contributed by atoms with E-state index in [0.717, 1.165) is 0 Å². The zero-order valence-corrected chi connectivity index (χ0v) is 7.83. The number of nitrogens with one attached hydrogen (secondary N) is 1. The van der Waals surface area contributed by atoms with Crippen molar-refractivity contribution < 1.29 is 0 Å². The van der Waals surface area contributed by atoms with Crippen molar-refractivity contribution in [1.29, 1.82) is 0 Å². The van der Waals surface area contributed by atoms with Crippen molar-refractivity contribution in [2.24, 2.45) is 5.73 Å². The number of H-pyrrole nitrogens is 1. The molecule has 3 N–H and O–H groups in total. The average Bonchev–Trinajstić information content (AvgIpc) is 2.17. The number of hydrogen-bond donors (Lipinski definition) is 2. The van der Waals surface area contributed by atoms with Gasteiger partial charge in [0.1, 0.15) is 5.56 Å². The molecule has 1 rings (SSSR count). The van der Waals surface area contributed by atoms with Crippen molar-refractivity contribution in [2.45, 2.75) is 13.5 Å². The number of aryl methyl sites for hydroxylation is 1. The molecule has 0 aliphatic rings. The van der Waals surface area contributed by atoms with Crippen LogP contribution in [-0.2, 0) is 6.54 Å². The number of hydrogen-bond acceptors (Lipinski definition) is 3. The molecule has 1 heterocycles. The molecule has 5 heteroatoms. The molecule has 0 aliphatic carbocycles. The van der Waals surface area contributed by atoms with Gasteiger partial charge in [0, 0.05) is 12.7 Å². The second kappa shape index (κ2) is 4.44. The zero-order chi connectivity index (χ0) is 10.6. The second-order valence-corrected chi connectivity index (χ2v) is 2.59. The maximum atomic E-state index is 11.2. The van der Waals surface area contributed by atoms with E-state index in [1.807, 2.05) is 0 Å². The van der Waals surface area contributed by atoms with Gasteiger partial charge in [-0.1, -0.05) is 11.8 Å². The molecule has 0 atom stereocenters. The molecule has 0 aromatic carbocycles. The normalized spacial score (nSPS) is 9.29. The van der Waals surface area contributed by atoms with Crippen molar-refractivity contribution in [2.75, 3.05) is 6.54 Å². The van der Waals surface area contributed by atoms with Crippen molar-refractivity contribution in [1.82, 2.24) is 9.55 Å². The molecular weight excluding hydrogens is 182 g/mol. The highest BCUT2D eigenvalue weighted by Crippen LogP contribution is 1.84. The molecule has 0 amide bonds. The minimum absolute atomic E-state index is 0.185. The smallest absolute Gasteiger partial charge is 0.320 e. The van der Waals surface area contributed by atoms with Crippen LogP contribution in [0.15, 0.2) is 15.8 Å². The molecule has 0 bridgehead atoms. The minimum atomic E-state index is -0.472. The van der Waals surface area contributed by atoms with E-state index >= 15 is 0 Å². The van der Waals surface area contributed by atoms with Gasteiger partial charge in [-0.3, -0.25) is 14.3 Å². The third kappa shape index (κ3) is 2.12. The van der Waals surface area contributed by atoms with Gasteiger partial charge >= 0.3 is 5.69 Å². The summed E-state index contributed by atoms with van der Waals surface area (Å²) < 4.78 is 1.38. The Labute approximate surface area is 80.6 Å². The van der Waals surface area contributed by atoms with Crippen LogP contribution in [0.25, 0.3) is 0 Å². The van der Waals surface area contributed by atoms with E-state index in [9.17, 15) is 9.59 Å². The Kier molecular flexibility index (Phi) is 3.26. The van der Waals surface area contributed by atoms with Crippen LogP contribution in [0.2, 0.25) is 0 Å². The average molecular weight is 193 g/mol. The molecule has 0 fully saturated rings. The van der Waals surface area contributed by atoms with E-state index in [1.165, 1.54) is 10.8 Å². The molecule has 1 aromatic heterocycles. The van der Waals surface area contributed by atoms with E-state index in [0.29, 0.717) is 6.54 Å². The first-order valence-electron chi connectivity index (χ1n) is 4.21. The van der Waals surface area contributed by atoms with E-state index in [-0.39, 0.29) is 12.1 Å². The van der Waals surface area contributed by atoms with Crippen LogP contribution in [0, 0.1) is 11.8 Å². The molecule has 0 saturated carbocycles. The number of rotatable bonds is 1. The van der Waals surface area contributed by atoms with Gasteiger partial charge in [-0.2, -0.15) is 0 Å². The summed E-state index contributed by atoms with van der Waals surface area (Å²) >= 11 is 0. The topological polar surface area (TPSA) is 80.9 Å². The summed E-state index contributed by atoms with van der Waals surface area (Å²) in [5.74, 6) is 5.15. The van der Waals surface area contributed by atoms with Gasteiger partial charge in [0.25, 0.3) is 5.56 Å². The van der Waals surface area contributed by atoms with Crippen LogP contribution in [0.1, 0.15) is 12.5 Å². The summed E-state index contributed by atoms with van der Waals surface area (Å²) in [5, 5.41) is 0. The van der Waals surface area contributed by atoms with Crippen molar-refractivity contribution in [3.63, 3.8) is 0 Å². The summed E-state index contributed by atoms with van der Waals surface area (Å²) in [6, 6.07) is 0. The highest BCUT2D eigenvalue weighted by Gasteiger charge is 1.99. The third-order valence-corrected chi connectivity index (χ3v) is 1.68. The number of nitrogens with two attached hydrogens (primary N) is 1. The molecule has 5 nitrogen and oxygen atoms in total. The van der Waals surface area contributed by atoms with Crippen molar-refractivity contribution in [3.8, 4) is 11.8 Å². The maximum absolute atomic E-state index is 11.2. The Bertz CT molecular complexity index is 487. The highest BCUT2D eigenvalue weighted by molar-refractivity contribution is 5.29. The van der Waals surface area contributed by atoms with E-state index < -0.39 is 11.2 Å². The lowest BCUT2D eigenvalue weighted by atomic mass is 10.3. The predicted octanol–water partition coefficient (Wildman–Crippen LogP) is -1.13. The van der Waals surface area contributed by atoms with Crippen LogP contribution in [-0.4, -0.2) is 16.1 Å². The summed E-state index contributed by atoms with van der Waals surface area (Å²) in [6.07, 6.45) is 1.43. The number of aromatic nitrogens is 2. The van der Waals surface area contributed by atoms with Gasteiger partial charge in [-0.05, 0) is 6.92 Å². The summed E-state index contributed by atoms with van der Waals surface area (Å²) in [5.41, 5.74) is 4.54. The molecule has 74 valence electrons. The largest absolute Gasteiger partial charge is 0.328 e. The summed E-state index contributed by atoms with van der Waals surface area (Å²) in [7, 11) is 0. The standard InChI is InChI=1S/C9H11N3O2/c1-2-12-6-7(4-3-5-10)8(13)11-9(12)14/h6H,2,5,10H2,1H3,(H,11,13,14). The van der Waals surface area contributed by atoms with Crippen molar-refractivity contribution in [3.05, 3.63) is 32.6 Å². The minimum Gasteiger partial charge on any atom is -0.320 e. The van der Waals surface area contributed by atoms with Crippen LogP contribution in [0.5, 0.6) is 0 Å². The number of aromatic amines is 1. The number of nitrogens with zero attached hydrogens (tertiary/aromatic N) is 1. The first-order chi connectivity index (χ1) is 6.69. The molecule has 14 heavy (non-hydrogen) atoms. The summed E-state index contributed by atoms with van der Waals surface area (Å²) in [6.45, 7) is 2.48. The Morgan fingerprint density at radius 2 is 2.29 bits per heavy atom. The molecule has 0 saturated heterocycles. The Hall–Kier alpha value is -1.80. The fourth-order valence-corrected chi connectivity index (χ4v) is 0.980. The van der Waals surface area contributed by atoms with Crippen LogP contribution in [0.4, 0.5) is 0 Å². The molecule has 0 radical (unpaired) electrons. The van der Waals surface area contributed by atoms with Gasteiger partial charge in [0.15, 0.2) is 0 Å². The Balaban J connectivity index is 3.32. The van der Waals surface area contributed by atoms with E-state index in [2.05, 4.69) is 16.8 Å². The third-order valence-electron chi connectivity index (χ3n) is 1.68. The lowest BCUT2D eigenvalue weighted by Crippen LogP contribution is -2.30. The maximum Gasteiger partial charge on any atom is 0.328 e. The molecule has 1 aromatic rings. The van der Waals surface area contributed by atoms with Gasteiger partial charge in [-0.25, -0.2) is 4.79 Å². The van der Waals surface area contributed by atoms with Gasteiger partial charge in [0.2, 0.25) is 0 Å². The lowest BCUT2D eigenvalue weighted by Gasteiger charge is -1.99. The fraction of sp³-hybridized carbons (Fsp3) is 0.333. The van der Waals surface area contributed by atoms with Gasteiger partial charge in [0.05, 0.1) is 6.54 Å². The predicted molar refractivity (Wildman–Crippen MR) is 52.9 cm³/mol. The van der Waals surface area contributed by atoms with Gasteiger partial charge in [-0.15, -0.1) is 0 Å². The summed E-state index contributed by atoms with van der Waals surface area (Å²) in [4.78, 5) is 24.5. The quantitative estimate of drug-likeness (QED) is 0.553. The first kappa shape index (κ1) is 10.3. The van der Waals surface area contributed by atoms with E-state index in [1.54, 1.807) is 6.92 Å². The molecule has 0 spiro atoms. The molecule has 0 aliphatic heterocycles. The lowest BCUT2D eigenvalue weighted by molar-refractivity contribution is 0.691. The molecule has 0 unspecified atom stereocenters. The van der Waals surface area contributed by atoms with Crippen molar-refractivity contribution >= 4 is 0 Å². The highest BCUT2D eigenvalue weighted by atomic mass is 16.2. The monoisotopic (exact) mass is 193 g/mol. The van der Waals surface area contributed by atoms with Crippen LogP contribution in [0.3, 0.4) is 0 Å². The first-order valence-corrected chi connectivity index (χ1v) is 4.21.